The lowest BCUT2D eigenvalue weighted by atomic mass is 10.1. The maximum Gasteiger partial charge on any atom is 0.253 e. The van der Waals surface area contributed by atoms with E-state index in [1.807, 2.05) is 0 Å². The van der Waals surface area contributed by atoms with Gasteiger partial charge in [0.15, 0.2) is 5.84 Å². The van der Waals surface area contributed by atoms with Gasteiger partial charge in [-0.1, -0.05) is 17.3 Å². The molecule has 19 heavy (non-hydrogen) atoms. The monoisotopic (exact) mass is 265 g/mol. The van der Waals surface area contributed by atoms with Crippen molar-refractivity contribution in [2.24, 2.45) is 10.9 Å². The predicted octanol–water partition coefficient (Wildman–Crippen LogP) is 0.624. The van der Waals surface area contributed by atoms with Crippen LogP contribution in [0.3, 0.4) is 0 Å². The smallest absolute Gasteiger partial charge is 0.253 e. The van der Waals surface area contributed by atoms with Crippen molar-refractivity contribution < 1.29 is 15.1 Å². The number of benzene rings is 1. The Kier molecular flexibility index (Phi) is 5.32. The molecule has 1 rings (SSSR count). The summed E-state index contributed by atoms with van der Waals surface area (Å²) in [5.41, 5.74) is 6.50. The first-order chi connectivity index (χ1) is 8.95. The fourth-order valence-electron chi connectivity index (χ4n) is 1.54. The maximum atomic E-state index is 12.0. The molecule has 0 aromatic heterocycles. The molecule has 1 aromatic rings. The molecule has 0 aliphatic heterocycles. The van der Waals surface area contributed by atoms with Gasteiger partial charge in [0.25, 0.3) is 5.91 Å². The minimum atomic E-state index is -0.432. The number of nitrogens with two attached hydrogens (primary N) is 1. The van der Waals surface area contributed by atoms with Crippen molar-refractivity contribution in [1.82, 2.24) is 4.90 Å². The van der Waals surface area contributed by atoms with Crippen molar-refractivity contribution >= 4 is 11.7 Å². The second kappa shape index (κ2) is 6.75. The minimum Gasteiger partial charge on any atom is -0.409 e. The third-order valence-electron chi connectivity index (χ3n) is 2.76. The molecule has 0 aliphatic carbocycles. The predicted molar refractivity (Wildman–Crippen MR) is 72.2 cm³/mol. The van der Waals surface area contributed by atoms with Gasteiger partial charge in [0.05, 0.1) is 6.10 Å². The van der Waals surface area contributed by atoms with Crippen molar-refractivity contribution in [2.75, 3.05) is 13.6 Å². The van der Waals surface area contributed by atoms with Gasteiger partial charge in [-0.15, -0.1) is 0 Å². The van der Waals surface area contributed by atoms with Crippen LogP contribution >= 0.6 is 0 Å². The number of carbonyl (C=O) groups is 1. The molecule has 104 valence electrons. The van der Waals surface area contributed by atoms with Crippen molar-refractivity contribution in [3.8, 4) is 0 Å². The summed E-state index contributed by atoms with van der Waals surface area (Å²) in [5.74, 6) is -0.131. The fourth-order valence-corrected chi connectivity index (χ4v) is 1.54. The molecule has 1 atom stereocenters. The number of amidine groups is 1. The highest BCUT2D eigenvalue weighted by Gasteiger charge is 2.12. The van der Waals surface area contributed by atoms with Gasteiger partial charge in [0, 0.05) is 24.7 Å². The molecule has 0 saturated carbocycles. The Morgan fingerprint density at radius 3 is 2.37 bits per heavy atom. The largest absolute Gasteiger partial charge is 0.409 e. The molecule has 1 aromatic carbocycles. The normalized spacial score (nSPS) is 13.1. The average Bonchev–Trinajstić information content (AvgIpc) is 2.43. The quantitative estimate of drug-likeness (QED) is 0.314. The van der Waals surface area contributed by atoms with E-state index in [1.165, 1.54) is 0 Å². The fraction of sp³-hybridized carbons (Fsp3) is 0.385. The van der Waals surface area contributed by atoms with Crippen LogP contribution in [0.15, 0.2) is 29.4 Å². The number of nitrogens with zero attached hydrogens (tertiary/aromatic N) is 2. The lowest BCUT2D eigenvalue weighted by Gasteiger charge is -2.18. The van der Waals surface area contributed by atoms with E-state index < -0.39 is 6.10 Å². The van der Waals surface area contributed by atoms with Gasteiger partial charge < -0.3 is 20.9 Å². The number of aliphatic hydroxyl groups excluding tert-OH is 1. The standard InChI is InChI=1S/C13H19N3O3/c1-9(17)7-8-16(2)13(18)11-5-3-10(4-6-11)12(14)15-19/h3-6,9,17,19H,7-8H2,1-2H3,(H2,14,15). The van der Waals surface area contributed by atoms with Crippen LogP contribution in [0, 0.1) is 0 Å². The molecule has 1 unspecified atom stereocenters. The Morgan fingerprint density at radius 2 is 1.89 bits per heavy atom. The lowest BCUT2D eigenvalue weighted by molar-refractivity contribution is 0.0769. The molecule has 0 aliphatic rings. The van der Waals surface area contributed by atoms with Crippen LogP contribution in [0.4, 0.5) is 0 Å². The summed E-state index contributed by atoms with van der Waals surface area (Å²) < 4.78 is 0. The first-order valence-electron chi connectivity index (χ1n) is 5.97. The van der Waals surface area contributed by atoms with Gasteiger partial charge in [-0.2, -0.15) is 0 Å². The number of aliphatic hydroxyl groups is 1. The van der Waals surface area contributed by atoms with E-state index in [4.69, 9.17) is 10.9 Å². The summed E-state index contributed by atoms with van der Waals surface area (Å²) in [6, 6.07) is 6.47. The Labute approximate surface area is 112 Å². The second-order valence-corrected chi connectivity index (χ2v) is 4.43. The zero-order chi connectivity index (χ0) is 14.4. The highest BCUT2D eigenvalue weighted by atomic mass is 16.4. The van der Waals surface area contributed by atoms with E-state index in [9.17, 15) is 9.90 Å². The second-order valence-electron chi connectivity index (χ2n) is 4.43. The van der Waals surface area contributed by atoms with Crippen LogP contribution in [-0.2, 0) is 0 Å². The van der Waals surface area contributed by atoms with E-state index in [2.05, 4.69) is 5.16 Å². The van der Waals surface area contributed by atoms with Gasteiger partial charge in [0.1, 0.15) is 0 Å². The zero-order valence-corrected chi connectivity index (χ0v) is 11.1. The van der Waals surface area contributed by atoms with Crippen LogP contribution in [0.25, 0.3) is 0 Å². The zero-order valence-electron chi connectivity index (χ0n) is 11.1. The highest BCUT2D eigenvalue weighted by Crippen LogP contribution is 2.07. The summed E-state index contributed by atoms with van der Waals surface area (Å²) in [6.45, 7) is 2.17. The Balaban J connectivity index is 2.72. The van der Waals surface area contributed by atoms with E-state index in [0.29, 0.717) is 24.1 Å². The molecule has 0 fully saturated rings. The lowest BCUT2D eigenvalue weighted by Crippen LogP contribution is -2.29. The number of hydrogen-bond donors (Lipinski definition) is 3. The van der Waals surface area contributed by atoms with Crippen LogP contribution < -0.4 is 5.73 Å². The first kappa shape index (κ1) is 15.0. The van der Waals surface area contributed by atoms with E-state index in [0.717, 1.165) is 0 Å². The summed E-state index contributed by atoms with van der Waals surface area (Å²) in [5, 5.41) is 20.6. The third-order valence-corrected chi connectivity index (χ3v) is 2.76. The Bertz CT molecular complexity index is 455. The van der Waals surface area contributed by atoms with Crippen molar-refractivity contribution in [2.45, 2.75) is 19.4 Å². The molecule has 0 spiro atoms. The molecular formula is C13H19N3O3. The van der Waals surface area contributed by atoms with Crippen LogP contribution in [-0.4, -0.2) is 46.7 Å². The molecular weight excluding hydrogens is 246 g/mol. The number of carbonyl (C=O) groups excluding carboxylic acids is 1. The van der Waals surface area contributed by atoms with Crippen LogP contribution in [0.1, 0.15) is 29.3 Å². The van der Waals surface area contributed by atoms with Crippen LogP contribution in [0.2, 0.25) is 0 Å². The number of oxime groups is 1. The number of amides is 1. The van der Waals surface area contributed by atoms with Gasteiger partial charge in [-0.3, -0.25) is 4.79 Å². The molecule has 0 radical (unpaired) electrons. The molecule has 1 amide bonds. The molecule has 6 heteroatoms. The summed E-state index contributed by atoms with van der Waals surface area (Å²) in [7, 11) is 1.68. The topological polar surface area (TPSA) is 99.2 Å². The minimum absolute atomic E-state index is 0.00135. The van der Waals surface area contributed by atoms with Gasteiger partial charge in [-0.25, -0.2) is 0 Å². The van der Waals surface area contributed by atoms with E-state index >= 15 is 0 Å². The van der Waals surface area contributed by atoms with Crippen molar-refractivity contribution in [3.05, 3.63) is 35.4 Å². The molecule has 0 heterocycles. The van der Waals surface area contributed by atoms with Gasteiger partial charge in [-0.05, 0) is 25.5 Å². The van der Waals surface area contributed by atoms with Crippen molar-refractivity contribution in [1.29, 1.82) is 0 Å². The molecule has 0 bridgehead atoms. The number of rotatable bonds is 5. The van der Waals surface area contributed by atoms with Gasteiger partial charge >= 0.3 is 0 Å². The molecule has 0 saturated heterocycles. The third kappa shape index (κ3) is 4.26. The SMILES string of the molecule is CC(O)CCN(C)C(=O)c1ccc(/C(N)=N/O)cc1. The van der Waals surface area contributed by atoms with Gasteiger partial charge in [0.2, 0.25) is 0 Å². The summed E-state index contributed by atoms with van der Waals surface area (Å²) in [6.07, 6.45) is 0.1000. The molecule has 4 N–H and O–H groups in total. The average molecular weight is 265 g/mol. The number of hydrogen-bond acceptors (Lipinski definition) is 4. The van der Waals surface area contributed by atoms with Crippen molar-refractivity contribution in [3.63, 3.8) is 0 Å². The van der Waals surface area contributed by atoms with Crippen LogP contribution in [0.5, 0.6) is 0 Å². The van der Waals surface area contributed by atoms with E-state index in [-0.39, 0.29) is 11.7 Å². The highest BCUT2D eigenvalue weighted by molar-refractivity contribution is 5.99. The Morgan fingerprint density at radius 1 is 1.37 bits per heavy atom. The van der Waals surface area contributed by atoms with E-state index in [1.54, 1.807) is 43.1 Å². The molecule has 6 nitrogen and oxygen atoms in total. The maximum absolute atomic E-state index is 12.0. The first-order valence-corrected chi connectivity index (χ1v) is 5.97. The summed E-state index contributed by atoms with van der Waals surface area (Å²) in [4.78, 5) is 13.6. The Hall–Kier alpha value is -2.08. The summed E-state index contributed by atoms with van der Waals surface area (Å²) >= 11 is 0.